The maximum absolute atomic E-state index is 9.86. The van der Waals surface area contributed by atoms with Crippen molar-refractivity contribution in [2.75, 3.05) is 12.4 Å². The van der Waals surface area contributed by atoms with E-state index in [9.17, 15) is 8.42 Å². The van der Waals surface area contributed by atoms with Crippen LogP contribution in [0.2, 0.25) is 0 Å². The van der Waals surface area contributed by atoms with E-state index in [0.717, 1.165) is 0 Å². The lowest BCUT2D eigenvalue weighted by molar-refractivity contribution is 0.478. The molecule has 0 aliphatic heterocycles. The summed E-state index contributed by atoms with van der Waals surface area (Å²) in [5, 5.41) is 2.34. The van der Waals surface area contributed by atoms with E-state index in [0.29, 0.717) is 6.54 Å². The maximum Gasteiger partial charge on any atom is 0.278 e. The average molecular weight is 138 g/mol. The normalized spacial score (nSPS) is 11.8. The highest BCUT2D eigenvalue weighted by Crippen LogP contribution is 1.73. The summed E-state index contributed by atoms with van der Waals surface area (Å²) < 4.78 is 27.7. The fraction of sp³-hybridized carbons (Fsp3) is 0.667. The molecule has 0 aliphatic rings. The zero-order valence-electron chi connectivity index (χ0n) is 4.29. The first-order valence-corrected chi connectivity index (χ1v) is 3.62. The Bertz CT molecular complexity index is 139. The summed E-state index contributed by atoms with van der Waals surface area (Å²) in [5.74, 6) is -0.420. The van der Waals surface area contributed by atoms with Gasteiger partial charge in [0.1, 0.15) is 5.88 Å². The standard InChI is InChI=1S/C3H8NO3S/c1-2-4-3-8(5,6)7/h4H,1-3H2,(H,5,6,7). The van der Waals surface area contributed by atoms with Gasteiger partial charge in [0.25, 0.3) is 10.1 Å². The van der Waals surface area contributed by atoms with Crippen molar-refractivity contribution in [1.82, 2.24) is 5.32 Å². The second-order valence-electron chi connectivity index (χ2n) is 1.23. The van der Waals surface area contributed by atoms with Gasteiger partial charge in [0.15, 0.2) is 0 Å². The third kappa shape index (κ3) is 5.87. The van der Waals surface area contributed by atoms with Gasteiger partial charge in [0.2, 0.25) is 0 Å². The molecular weight excluding hydrogens is 130 g/mol. The molecule has 49 valence electrons. The van der Waals surface area contributed by atoms with E-state index in [2.05, 4.69) is 12.2 Å². The molecule has 0 saturated carbocycles. The van der Waals surface area contributed by atoms with E-state index in [-0.39, 0.29) is 0 Å². The monoisotopic (exact) mass is 138 g/mol. The van der Waals surface area contributed by atoms with E-state index in [4.69, 9.17) is 4.55 Å². The smallest absolute Gasteiger partial charge is 0.278 e. The minimum atomic E-state index is -3.84. The Morgan fingerprint density at radius 2 is 2.12 bits per heavy atom. The van der Waals surface area contributed by atoms with Crippen LogP contribution in [0.3, 0.4) is 0 Å². The molecule has 0 saturated heterocycles. The number of hydrogen-bond donors (Lipinski definition) is 2. The van der Waals surface area contributed by atoms with Crippen molar-refractivity contribution in [3.8, 4) is 0 Å². The van der Waals surface area contributed by atoms with Crippen LogP contribution in [0, 0.1) is 6.92 Å². The predicted molar refractivity (Wildman–Crippen MR) is 29.8 cm³/mol. The summed E-state index contributed by atoms with van der Waals surface area (Å²) in [5.41, 5.74) is 0. The van der Waals surface area contributed by atoms with Gasteiger partial charge in [0, 0.05) is 0 Å². The lowest BCUT2D eigenvalue weighted by Gasteiger charge is -1.93. The molecule has 8 heavy (non-hydrogen) atoms. The van der Waals surface area contributed by atoms with E-state index in [1.807, 2.05) is 0 Å². The first-order chi connectivity index (χ1) is 3.56. The fourth-order valence-corrected chi connectivity index (χ4v) is 0.603. The molecule has 0 spiro atoms. The van der Waals surface area contributed by atoms with Crippen LogP contribution in [-0.4, -0.2) is 25.4 Å². The molecule has 5 heteroatoms. The van der Waals surface area contributed by atoms with Crippen molar-refractivity contribution in [1.29, 1.82) is 0 Å². The molecule has 2 N–H and O–H groups in total. The highest BCUT2D eigenvalue weighted by molar-refractivity contribution is 7.85. The van der Waals surface area contributed by atoms with Gasteiger partial charge in [-0.05, 0) is 13.5 Å². The van der Waals surface area contributed by atoms with Crippen LogP contribution in [0.1, 0.15) is 0 Å². The molecule has 0 aliphatic carbocycles. The quantitative estimate of drug-likeness (QED) is 0.504. The first kappa shape index (κ1) is 7.87. The molecule has 0 heterocycles. The predicted octanol–water partition coefficient (Wildman–Crippen LogP) is -0.745. The Kier molecular flexibility index (Phi) is 2.96. The highest BCUT2D eigenvalue weighted by Gasteiger charge is 1.99. The number of rotatable bonds is 3. The minimum absolute atomic E-state index is 0.291. The third-order valence-corrected chi connectivity index (χ3v) is 1.03. The van der Waals surface area contributed by atoms with E-state index < -0.39 is 16.0 Å². The summed E-state index contributed by atoms with van der Waals surface area (Å²) in [7, 11) is -3.84. The van der Waals surface area contributed by atoms with E-state index >= 15 is 0 Å². The van der Waals surface area contributed by atoms with Crippen molar-refractivity contribution < 1.29 is 13.0 Å². The van der Waals surface area contributed by atoms with Crippen LogP contribution in [0.15, 0.2) is 0 Å². The molecule has 0 amide bonds. The summed E-state index contributed by atoms with van der Waals surface area (Å²) in [4.78, 5) is 0. The average Bonchev–Trinajstić information content (AvgIpc) is 1.59. The minimum Gasteiger partial charge on any atom is -0.302 e. The number of hydrogen-bond acceptors (Lipinski definition) is 3. The van der Waals surface area contributed by atoms with Crippen LogP contribution in [-0.2, 0) is 10.1 Å². The fourth-order valence-electron chi connectivity index (χ4n) is 0.201. The Balaban J connectivity index is 3.42. The molecule has 0 unspecified atom stereocenters. The SMILES string of the molecule is [CH2]CNCS(=O)(=O)O. The Morgan fingerprint density at radius 3 is 2.25 bits per heavy atom. The van der Waals surface area contributed by atoms with Crippen LogP contribution in [0.25, 0.3) is 0 Å². The number of nitrogens with one attached hydrogen (secondary N) is 1. The van der Waals surface area contributed by atoms with Crippen molar-refractivity contribution in [3.63, 3.8) is 0 Å². The van der Waals surface area contributed by atoms with E-state index in [1.54, 1.807) is 0 Å². The van der Waals surface area contributed by atoms with Gasteiger partial charge in [-0.25, -0.2) is 0 Å². The summed E-state index contributed by atoms with van der Waals surface area (Å²) in [6, 6.07) is 0. The largest absolute Gasteiger partial charge is 0.302 e. The van der Waals surface area contributed by atoms with Gasteiger partial charge in [-0.1, -0.05) is 0 Å². The summed E-state index contributed by atoms with van der Waals surface area (Å²) >= 11 is 0. The molecule has 0 aromatic carbocycles. The molecule has 0 bridgehead atoms. The Morgan fingerprint density at radius 1 is 1.62 bits per heavy atom. The van der Waals surface area contributed by atoms with Crippen molar-refractivity contribution >= 4 is 10.1 Å². The zero-order chi connectivity index (χ0) is 6.62. The Labute approximate surface area is 48.6 Å². The van der Waals surface area contributed by atoms with Gasteiger partial charge in [-0.2, -0.15) is 8.42 Å². The van der Waals surface area contributed by atoms with Crippen LogP contribution in [0.5, 0.6) is 0 Å². The molecule has 4 nitrogen and oxygen atoms in total. The molecule has 0 aromatic rings. The van der Waals surface area contributed by atoms with E-state index in [1.165, 1.54) is 0 Å². The van der Waals surface area contributed by atoms with Gasteiger partial charge >= 0.3 is 0 Å². The third-order valence-electron chi connectivity index (χ3n) is 0.461. The van der Waals surface area contributed by atoms with Crippen LogP contribution >= 0.6 is 0 Å². The molecule has 0 aromatic heterocycles. The second kappa shape index (κ2) is 3.01. The second-order valence-corrected chi connectivity index (χ2v) is 2.68. The highest BCUT2D eigenvalue weighted by atomic mass is 32.2. The van der Waals surface area contributed by atoms with Crippen molar-refractivity contribution in [2.24, 2.45) is 0 Å². The van der Waals surface area contributed by atoms with Crippen LogP contribution < -0.4 is 5.32 Å². The topological polar surface area (TPSA) is 66.4 Å². The summed E-state index contributed by atoms with van der Waals surface area (Å²) in [6.07, 6.45) is 0. The van der Waals surface area contributed by atoms with Crippen molar-refractivity contribution in [2.45, 2.75) is 0 Å². The lowest BCUT2D eigenvalue weighted by Crippen LogP contribution is -2.21. The first-order valence-electron chi connectivity index (χ1n) is 2.01. The van der Waals surface area contributed by atoms with Crippen molar-refractivity contribution in [3.05, 3.63) is 6.92 Å². The molecule has 0 fully saturated rings. The molecule has 1 radical (unpaired) electrons. The Hall–Kier alpha value is -0.130. The molecule has 0 rings (SSSR count). The van der Waals surface area contributed by atoms with Gasteiger partial charge < -0.3 is 5.32 Å². The van der Waals surface area contributed by atoms with Gasteiger partial charge in [0.05, 0.1) is 0 Å². The molecule has 0 atom stereocenters. The lowest BCUT2D eigenvalue weighted by atomic mass is 10.8. The zero-order valence-corrected chi connectivity index (χ0v) is 5.11. The maximum atomic E-state index is 9.86. The summed E-state index contributed by atoms with van der Waals surface area (Å²) in [6.45, 7) is 3.59. The van der Waals surface area contributed by atoms with Crippen LogP contribution in [0.4, 0.5) is 0 Å². The molecular formula is C3H8NO3S. The van der Waals surface area contributed by atoms with Gasteiger partial charge in [-0.3, -0.25) is 4.55 Å². The van der Waals surface area contributed by atoms with Gasteiger partial charge in [-0.15, -0.1) is 0 Å².